The minimum atomic E-state index is -0.507. The summed E-state index contributed by atoms with van der Waals surface area (Å²) < 4.78 is 0. The van der Waals surface area contributed by atoms with Crippen LogP contribution >= 0.6 is 670 Å². The van der Waals surface area contributed by atoms with Gasteiger partial charge in [-0.15, -0.1) is 384 Å². The van der Waals surface area contributed by atoms with E-state index in [4.69, 9.17) is 0 Å². The van der Waals surface area contributed by atoms with Crippen LogP contribution in [0, 0.1) is 20.8 Å². The van der Waals surface area contributed by atoms with Crippen molar-refractivity contribution in [3.8, 4) is 0 Å². The second-order valence-corrected chi connectivity index (χ2v) is 374. The van der Waals surface area contributed by atoms with E-state index in [1.807, 2.05) is 32.9 Å². The van der Waals surface area contributed by atoms with E-state index in [0.717, 1.165) is 21.8 Å². The quantitative estimate of drug-likeness (QED) is 0.0220. The molecule has 46 atom stereocenters. The van der Waals surface area contributed by atoms with Gasteiger partial charge in [0.15, 0.2) is 5.78 Å². The SMILES string of the molecule is CC.Cc1ccc(Cc2ccc(C)cc2)cc1.Cc1ccccc1N1C(=O)c2ccc(C(=O)c3ccc4c(c3)C(=O)N(C)C4=O)cc2C1=O.PP(P)P(P)P(P(P(P)P)P(P)P)P(P(P(P)P)P(P)P)P(P(P(P(P(P)P)P(P)P)P(P(P)P)P(P)P)P(P(P(P)P)P(P)P)P(P(P)P)P(P)P)P(P(P(P(P)P)P(P)P)P(P(P)P)P(P)P)P(P(P(P)P)P(P)P)P(P(P)P)P(P)P. The molecule has 2 heterocycles. The Labute approximate surface area is 944 Å². The fourth-order valence-electron chi connectivity index (χ4n) is 10.8. The Balaban J connectivity index is 0.000000597. The van der Waals surface area contributed by atoms with E-state index in [0.29, 0.717) is 5.69 Å². The van der Waals surface area contributed by atoms with Gasteiger partial charge >= 0.3 is 0 Å². The molecule has 0 bridgehead atoms. The van der Waals surface area contributed by atoms with Crippen LogP contribution in [0.15, 0.2) is 109 Å². The molecule has 0 aromatic heterocycles. The maximum absolute atomic E-state index is 13.1. The normalized spacial score (nSPS) is 14.7. The van der Waals surface area contributed by atoms with Crippen LogP contribution < -0.4 is 4.90 Å². The van der Waals surface area contributed by atoms with Crippen molar-refractivity contribution in [2.45, 2.75) is 41.0 Å². The van der Waals surface area contributed by atoms with Gasteiger partial charge in [0.2, 0.25) is 0 Å². The molecule has 5 aromatic rings. The molecule has 0 saturated carbocycles. The third-order valence-corrected chi connectivity index (χ3v) is 610. The Hall–Kier alpha value is 30.2. The number of rotatable bonds is 45. The predicted octanol–water partition coefficient (Wildman–Crippen LogP) is 57.5. The van der Waals surface area contributed by atoms with Crippen LogP contribution in [0.2, 0.25) is 0 Å². The topological polar surface area (TPSA) is 91.8 Å². The Morgan fingerprint density at radius 1 is 0.241 bits per heavy atom. The Kier molecular flexibility index (Phi) is 93.7. The number of nitrogens with zero attached hydrogens (tertiary/aromatic N) is 2. The number of hydrogen-bond acceptors (Lipinski definition) is 5. The van der Waals surface area contributed by atoms with Gasteiger partial charge in [0.25, 0.3) is 23.6 Å². The highest BCUT2D eigenvalue weighted by Crippen LogP contribution is 3.53. The molecule has 0 fully saturated rings. The first-order chi connectivity index (χ1) is 61.7. The lowest BCUT2D eigenvalue weighted by Gasteiger charge is -2.63. The molecule has 7 nitrogen and oxygen atoms in total. The number of para-hydroxylation sites is 1. The Bertz CT molecular complexity index is 4050. The molecule has 0 spiro atoms. The van der Waals surface area contributed by atoms with Gasteiger partial charge < -0.3 is 0 Å². The van der Waals surface area contributed by atoms with E-state index < -0.39 is 99.3 Å². The van der Waals surface area contributed by atoms with Gasteiger partial charge in [-0.3, -0.25) is 28.9 Å². The molecule has 91 heteroatoms. The first kappa shape index (κ1) is 155. The van der Waals surface area contributed by atoms with E-state index in [-0.39, 0.29) is 250 Å². The van der Waals surface area contributed by atoms with E-state index in [1.165, 1.54) is 65.7 Å². The number of benzene rings is 5. The van der Waals surface area contributed by atoms with Gasteiger partial charge in [-0.05, 0) is 361 Å². The number of aryl methyl sites for hydroxylation is 3. The van der Waals surface area contributed by atoms with Crippen LogP contribution in [0.25, 0.3) is 0 Å². The number of amides is 4. The van der Waals surface area contributed by atoms with Gasteiger partial charge in [-0.1, -0.05) is 104 Å². The number of hydrogen-bond donors (Lipinski definition) is 0. The van der Waals surface area contributed by atoms with Crippen molar-refractivity contribution in [2.75, 3.05) is 11.9 Å². The van der Waals surface area contributed by atoms with Crippen LogP contribution in [0.5, 0.6) is 0 Å². The largest absolute Gasteiger partial charge is 0.289 e. The number of carbonyl (C=O) groups excluding carboxylic acids is 5. The van der Waals surface area contributed by atoms with Crippen molar-refractivity contribution in [2.24, 2.45) is 0 Å². The van der Waals surface area contributed by atoms with Gasteiger partial charge in [0, 0.05) is 18.2 Å². The average Bonchev–Trinajstić information content (AvgIpc) is 1.14. The monoisotopic (exact) mass is 3340 g/mol. The number of imide groups is 2. The number of anilines is 1. The van der Waals surface area contributed by atoms with Crippen molar-refractivity contribution in [1.82, 2.24) is 4.90 Å². The van der Waals surface area contributed by atoms with Crippen molar-refractivity contribution < 1.29 is 24.0 Å². The summed E-state index contributed by atoms with van der Waals surface area (Å²) in [4.78, 5) is 65.5. The molecule has 46 unspecified atom stereocenters. The summed E-state index contributed by atoms with van der Waals surface area (Å²) in [5.74, 6) is -2.24. The maximum atomic E-state index is 13.1. The molecule has 0 saturated heterocycles. The molecule has 0 aliphatic carbocycles. The summed E-state index contributed by atoms with van der Waals surface area (Å²) >= 11 is 0. The zero-order chi connectivity index (χ0) is 102. The third kappa shape index (κ3) is 47.8. The first-order valence-corrected chi connectivity index (χ1v) is 188. The number of ketones is 1. The zero-order valence-corrected chi connectivity index (χ0v) is 158. The fraction of sp³-hybridized carbons (Fsp3) is 0.167. The molecule has 2 aliphatic heterocycles. The summed E-state index contributed by atoms with van der Waals surface area (Å²) in [5, 5.41) is 0. The molecule has 0 N–H and O–H groups in total. The Morgan fingerprint density at radius 3 is 0.684 bits per heavy atom. The molecule has 133 heavy (non-hydrogen) atoms. The predicted molar refractivity (Wildman–Crippen MR) is 893 cm³/mol. The first-order valence-electron chi connectivity index (χ1n) is 35.3. The van der Waals surface area contributed by atoms with Crippen LogP contribution in [0.1, 0.15) is 99.0 Å². The molecule has 4 amide bonds. The van der Waals surface area contributed by atoms with Gasteiger partial charge in [-0.2, -0.15) is 0 Å². The molecule has 7 rings (SSSR count). The highest BCUT2D eigenvalue weighted by Gasteiger charge is 2.66. The van der Waals surface area contributed by atoms with E-state index >= 15 is 0 Å². The lowest BCUT2D eigenvalue weighted by molar-refractivity contribution is 0.0691. The Morgan fingerprint density at radius 2 is 0.444 bits per heavy atom. The summed E-state index contributed by atoms with van der Waals surface area (Å²) in [6.07, 6.45) is 1.03. The summed E-state index contributed by atoms with van der Waals surface area (Å²) in [6.45, 7) is -5.16. The van der Waals surface area contributed by atoms with Crippen LogP contribution in [-0.4, -0.2) is 41.4 Å². The number of fused-ring (bicyclic) bond motifs is 2. The summed E-state index contributed by atoms with van der Waals surface area (Å²) in [6, 6.07) is 33.3. The van der Waals surface area contributed by atoms with Gasteiger partial charge in [-0.25, -0.2) is 4.90 Å². The average molecular weight is 3340 g/mol. The molecular formula is C42H124N2O5P84. The van der Waals surface area contributed by atoms with Crippen molar-refractivity contribution >= 4 is 706 Å². The molecule has 752 valence electrons. The lowest BCUT2D eigenvalue weighted by Crippen LogP contribution is -2.29. The molecule has 2 aliphatic rings. The third-order valence-electron chi connectivity index (χ3n) is 15.9. The van der Waals surface area contributed by atoms with E-state index in [9.17, 15) is 24.0 Å². The zero-order valence-electron chi connectivity index (χ0n) is 71.7. The second kappa shape index (κ2) is 80.2. The minimum Gasteiger partial charge on any atom is -0.289 e. The molecule has 0 radical (unpaired) electrons. The highest BCUT2D eigenvalue weighted by molar-refractivity contribution is 9.58. The van der Waals surface area contributed by atoms with Crippen molar-refractivity contribution in [3.05, 3.63) is 170 Å². The van der Waals surface area contributed by atoms with Crippen molar-refractivity contribution in [3.63, 3.8) is 0 Å². The highest BCUT2D eigenvalue weighted by atomic mass is 33.6. The molecule has 5 aromatic carbocycles. The van der Waals surface area contributed by atoms with Crippen LogP contribution in [0.3, 0.4) is 0 Å². The smallest absolute Gasteiger partial charge is 0.266 e. The maximum Gasteiger partial charge on any atom is 0.266 e. The van der Waals surface area contributed by atoms with Gasteiger partial charge in [0.05, 0.1) is 27.9 Å². The molecular weight excluding hydrogens is 3210 g/mol. The van der Waals surface area contributed by atoms with Crippen LogP contribution in [0.4, 0.5) is 5.69 Å². The van der Waals surface area contributed by atoms with E-state index in [1.54, 1.807) is 12.1 Å². The number of carbonyl (C=O) groups is 5. The fourth-order valence-corrected chi connectivity index (χ4v) is 1240. The van der Waals surface area contributed by atoms with Crippen LogP contribution in [-0.2, 0) is 6.42 Å². The van der Waals surface area contributed by atoms with Gasteiger partial charge in [0.1, 0.15) is 0 Å². The van der Waals surface area contributed by atoms with E-state index in [2.05, 4.69) is 446 Å². The minimum absolute atomic E-state index is 0.149. The second-order valence-electron chi connectivity index (χ2n) is 25.3. The standard InChI is InChI=1S/C25H16N2O5.C15H16.C2H6.H86P84/c1-13-5-3-4-6-20(13)27-24(31)17-10-8-15(12-19(17)25(27)32)21(28)14-7-9-16-18(11-14)23(30)26(2)22(16)29;1-12-3-7-14(8-4-12)11-15-9-5-13(2)6-10-15;1-2;1-44(2)65(43)76(66(45(3)4)46(5)6)81(75(63(39)40)64(41)42)84(82(77(67(47(7)8)48(9)10)68(49(11)12)50(13)14)78(69(51(15)16)52(17)18)70(53(19)20)54(21)22)83(79(71(55(23)24)56(25)26)72(57(27)28)58(29)30)80(73(59(31)32)60(33)34)74(61(35)36)62(37)38/h3-12H,1-2H3;3-10H,11H2,1-2H3;1-2H3;1-43H2. The summed E-state index contributed by atoms with van der Waals surface area (Å²) in [7, 11) is 161. The lowest BCUT2D eigenvalue weighted by atomic mass is 9.96. The summed E-state index contributed by atoms with van der Waals surface area (Å²) in [5.41, 5.74) is 7.90. The van der Waals surface area contributed by atoms with Crippen molar-refractivity contribution in [1.29, 1.82) is 0 Å².